The van der Waals surface area contributed by atoms with Gasteiger partial charge in [-0.3, -0.25) is 4.90 Å². The normalized spacial score (nSPS) is 28.1. The maximum Gasteiger partial charge on any atom is 0.150 e. The standard InChI is InChI=1S/C11H19N3O/c1-9-3-2-4-10(7-12)14(9)8-11-5-6-13-15-11/h5-6,9-10H,2-4,7-8,12H2,1H3. The fourth-order valence-corrected chi connectivity index (χ4v) is 2.38. The molecule has 2 rings (SSSR count). The molecule has 1 aromatic rings. The zero-order valence-corrected chi connectivity index (χ0v) is 9.22. The predicted molar refractivity (Wildman–Crippen MR) is 58.2 cm³/mol. The highest BCUT2D eigenvalue weighted by atomic mass is 16.5. The molecule has 0 radical (unpaired) electrons. The first-order valence-corrected chi connectivity index (χ1v) is 5.66. The molecule has 15 heavy (non-hydrogen) atoms. The monoisotopic (exact) mass is 209 g/mol. The largest absolute Gasteiger partial charge is 0.360 e. The third kappa shape index (κ3) is 2.38. The Kier molecular flexibility index (Phi) is 3.38. The average Bonchev–Trinajstić information content (AvgIpc) is 2.74. The van der Waals surface area contributed by atoms with Crippen LogP contribution in [0.25, 0.3) is 0 Å². The molecular formula is C11H19N3O. The van der Waals surface area contributed by atoms with Crippen molar-refractivity contribution in [2.45, 2.75) is 44.8 Å². The average molecular weight is 209 g/mol. The van der Waals surface area contributed by atoms with E-state index in [9.17, 15) is 0 Å². The van der Waals surface area contributed by atoms with Crippen molar-refractivity contribution in [1.29, 1.82) is 0 Å². The minimum absolute atomic E-state index is 0.499. The molecule has 0 aromatic carbocycles. The van der Waals surface area contributed by atoms with Crippen molar-refractivity contribution in [3.63, 3.8) is 0 Å². The van der Waals surface area contributed by atoms with Crippen LogP contribution < -0.4 is 5.73 Å². The number of hydrogen-bond donors (Lipinski definition) is 1. The Morgan fingerprint density at radius 3 is 3.13 bits per heavy atom. The summed E-state index contributed by atoms with van der Waals surface area (Å²) < 4.78 is 5.14. The van der Waals surface area contributed by atoms with E-state index in [1.807, 2.05) is 6.07 Å². The fourth-order valence-electron chi connectivity index (χ4n) is 2.38. The summed E-state index contributed by atoms with van der Waals surface area (Å²) in [6.45, 7) is 3.83. The molecule has 0 bridgehead atoms. The molecular weight excluding hydrogens is 190 g/mol. The summed E-state index contributed by atoms with van der Waals surface area (Å²) in [6, 6.07) is 3.02. The molecule has 1 aliphatic rings. The van der Waals surface area contributed by atoms with E-state index < -0.39 is 0 Å². The first kappa shape index (κ1) is 10.6. The highest BCUT2D eigenvalue weighted by Crippen LogP contribution is 2.24. The Hall–Kier alpha value is -0.870. The second-order valence-electron chi connectivity index (χ2n) is 4.32. The smallest absolute Gasteiger partial charge is 0.150 e. The number of likely N-dealkylation sites (tertiary alicyclic amines) is 1. The van der Waals surface area contributed by atoms with E-state index in [-0.39, 0.29) is 0 Å². The second kappa shape index (κ2) is 4.77. The number of nitrogens with zero attached hydrogens (tertiary/aromatic N) is 2. The molecule has 4 nitrogen and oxygen atoms in total. The van der Waals surface area contributed by atoms with Crippen molar-refractivity contribution in [3.05, 3.63) is 18.0 Å². The Morgan fingerprint density at radius 2 is 2.47 bits per heavy atom. The van der Waals surface area contributed by atoms with Gasteiger partial charge in [0.2, 0.25) is 0 Å². The molecule has 1 aromatic heterocycles. The molecule has 2 unspecified atom stereocenters. The summed E-state index contributed by atoms with van der Waals surface area (Å²) in [4.78, 5) is 2.43. The van der Waals surface area contributed by atoms with Gasteiger partial charge in [0.1, 0.15) is 0 Å². The third-order valence-electron chi connectivity index (χ3n) is 3.30. The minimum Gasteiger partial charge on any atom is -0.360 e. The highest BCUT2D eigenvalue weighted by molar-refractivity contribution is 4.95. The highest BCUT2D eigenvalue weighted by Gasteiger charge is 2.27. The number of piperidine rings is 1. The molecule has 2 N–H and O–H groups in total. The van der Waals surface area contributed by atoms with Crippen LogP contribution in [0.1, 0.15) is 31.9 Å². The van der Waals surface area contributed by atoms with Gasteiger partial charge in [-0.15, -0.1) is 0 Å². The maximum absolute atomic E-state index is 5.80. The molecule has 2 atom stereocenters. The lowest BCUT2D eigenvalue weighted by Gasteiger charge is -2.39. The van der Waals surface area contributed by atoms with Gasteiger partial charge >= 0.3 is 0 Å². The summed E-state index contributed by atoms with van der Waals surface area (Å²) in [5, 5.41) is 3.73. The molecule has 0 spiro atoms. The van der Waals surface area contributed by atoms with E-state index in [4.69, 9.17) is 10.3 Å². The molecule has 4 heteroatoms. The molecule has 1 fully saturated rings. The summed E-state index contributed by atoms with van der Waals surface area (Å²) >= 11 is 0. The summed E-state index contributed by atoms with van der Waals surface area (Å²) in [6.07, 6.45) is 5.44. The van der Waals surface area contributed by atoms with Crippen LogP contribution in [-0.4, -0.2) is 28.7 Å². The predicted octanol–water partition coefficient (Wildman–Crippen LogP) is 1.38. The molecule has 2 heterocycles. The van der Waals surface area contributed by atoms with E-state index in [2.05, 4.69) is 17.0 Å². The molecule has 0 amide bonds. The van der Waals surface area contributed by atoms with Crippen LogP contribution >= 0.6 is 0 Å². The summed E-state index contributed by atoms with van der Waals surface area (Å²) in [7, 11) is 0. The Bertz CT molecular complexity index is 286. The quantitative estimate of drug-likeness (QED) is 0.817. The van der Waals surface area contributed by atoms with E-state index >= 15 is 0 Å². The van der Waals surface area contributed by atoms with Crippen LogP contribution in [0.2, 0.25) is 0 Å². The van der Waals surface area contributed by atoms with Gasteiger partial charge in [0, 0.05) is 24.7 Å². The molecule has 0 aliphatic carbocycles. The van der Waals surface area contributed by atoms with Crippen LogP contribution in [-0.2, 0) is 6.54 Å². The first-order valence-electron chi connectivity index (χ1n) is 5.66. The van der Waals surface area contributed by atoms with Crippen LogP contribution in [0.15, 0.2) is 16.8 Å². The van der Waals surface area contributed by atoms with Crippen LogP contribution in [0.5, 0.6) is 0 Å². The zero-order chi connectivity index (χ0) is 10.7. The second-order valence-corrected chi connectivity index (χ2v) is 4.32. The number of hydrogen-bond acceptors (Lipinski definition) is 4. The van der Waals surface area contributed by atoms with Crippen molar-refractivity contribution in [1.82, 2.24) is 10.1 Å². The molecule has 84 valence electrons. The molecule has 1 saturated heterocycles. The number of aromatic nitrogens is 1. The Morgan fingerprint density at radius 1 is 1.60 bits per heavy atom. The third-order valence-corrected chi connectivity index (χ3v) is 3.30. The van der Waals surface area contributed by atoms with Gasteiger partial charge in [0.15, 0.2) is 5.76 Å². The van der Waals surface area contributed by atoms with E-state index in [1.165, 1.54) is 19.3 Å². The van der Waals surface area contributed by atoms with Crippen molar-refractivity contribution in [3.8, 4) is 0 Å². The van der Waals surface area contributed by atoms with Crippen LogP contribution in [0.4, 0.5) is 0 Å². The topological polar surface area (TPSA) is 55.3 Å². The van der Waals surface area contributed by atoms with E-state index in [0.29, 0.717) is 12.1 Å². The van der Waals surface area contributed by atoms with Gasteiger partial charge in [0.05, 0.1) is 12.7 Å². The lowest BCUT2D eigenvalue weighted by atomic mass is 9.96. The lowest BCUT2D eigenvalue weighted by Crippen LogP contribution is -2.48. The van der Waals surface area contributed by atoms with Gasteiger partial charge in [-0.05, 0) is 19.8 Å². The van der Waals surface area contributed by atoms with Gasteiger partial charge in [-0.2, -0.15) is 0 Å². The zero-order valence-electron chi connectivity index (χ0n) is 9.22. The summed E-state index contributed by atoms with van der Waals surface area (Å²) in [5.41, 5.74) is 5.80. The number of rotatable bonds is 3. The van der Waals surface area contributed by atoms with Crippen molar-refractivity contribution >= 4 is 0 Å². The van der Waals surface area contributed by atoms with Gasteiger partial charge < -0.3 is 10.3 Å². The van der Waals surface area contributed by atoms with Gasteiger partial charge in [-0.25, -0.2) is 0 Å². The van der Waals surface area contributed by atoms with Crippen molar-refractivity contribution in [2.24, 2.45) is 5.73 Å². The van der Waals surface area contributed by atoms with Crippen molar-refractivity contribution in [2.75, 3.05) is 6.54 Å². The van der Waals surface area contributed by atoms with Crippen molar-refractivity contribution < 1.29 is 4.52 Å². The van der Waals surface area contributed by atoms with E-state index in [0.717, 1.165) is 18.8 Å². The van der Waals surface area contributed by atoms with Gasteiger partial charge in [-0.1, -0.05) is 11.6 Å². The maximum atomic E-state index is 5.80. The number of nitrogens with two attached hydrogens (primary N) is 1. The minimum atomic E-state index is 0.499. The molecule has 1 aliphatic heterocycles. The van der Waals surface area contributed by atoms with Crippen LogP contribution in [0.3, 0.4) is 0 Å². The summed E-state index contributed by atoms with van der Waals surface area (Å²) in [5.74, 6) is 0.933. The Balaban J connectivity index is 2.03. The first-order chi connectivity index (χ1) is 7.31. The van der Waals surface area contributed by atoms with Gasteiger partial charge in [0.25, 0.3) is 0 Å². The lowest BCUT2D eigenvalue weighted by molar-refractivity contribution is 0.0789. The SMILES string of the molecule is CC1CCCC(CN)N1Cc1ccno1. The van der Waals surface area contributed by atoms with Crippen LogP contribution in [0, 0.1) is 0 Å². The molecule has 0 saturated carbocycles. The van der Waals surface area contributed by atoms with E-state index in [1.54, 1.807) is 6.20 Å². The Labute approximate surface area is 90.4 Å². The fraction of sp³-hybridized carbons (Fsp3) is 0.727.